The summed E-state index contributed by atoms with van der Waals surface area (Å²) in [6.07, 6.45) is 5.36. The first-order chi connectivity index (χ1) is 9.54. The van der Waals surface area contributed by atoms with Gasteiger partial charge in [0.15, 0.2) is 0 Å². The Morgan fingerprint density at radius 2 is 1.75 bits per heavy atom. The molecule has 1 amide bonds. The molecule has 0 spiro atoms. The summed E-state index contributed by atoms with van der Waals surface area (Å²) in [7, 11) is 0. The first-order valence-electron chi connectivity index (χ1n) is 7.10. The number of nitrogens with two attached hydrogens (primary N) is 2. The van der Waals surface area contributed by atoms with Crippen molar-refractivity contribution >= 4 is 17.3 Å². The molecule has 1 aliphatic rings. The maximum Gasteiger partial charge on any atom is 0.251 e. The Morgan fingerprint density at radius 1 is 1.15 bits per heavy atom. The van der Waals surface area contributed by atoms with Crippen LogP contribution in [0.15, 0.2) is 18.2 Å². The highest BCUT2D eigenvalue weighted by atomic mass is 16.3. The van der Waals surface area contributed by atoms with E-state index in [-0.39, 0.29) is 17.9 Å². The molecule has 0 unspecified atom stereocenters. The van der Waals surface area contributed by atoms with Gasteiger partial charge in [-0.2, -0.15) is 0 Å². The number of nitrogen functional groups attached to an aromatic ring is 2. The monoisotopic (exact) mass is 277 g/mol. The van der Waals surface area contributed by atoms with E-state index in [4.69, 9.17) is 11.5 Å². The SMILES string of the molecule is Nc1cc(N)cc(C(=O)NCC2(CO)CCCCC2)c1. The molecule has 6 N–H and O–H groups in total. The number of aliphatic hydroxyl groups excluding tert-OH is 1. The Morgan fingerprint density at radius 3 is 2.30 bits per heavy atom. The van der Waals surface area contributed by atoms with E-state index in [0.717, 1.165) is 25.7 Å². The minimum atomic E-state index is -0.192. The van der Waals surface area contributed by atoms with Crippen LogP contribution in [0, 0.1) is 5.41 Å². The van der Waals surface area contributed by atoms with Crippen LogP contribution in [0.1, 0.15) is 42.5 Å². The zero-order valence-electron chi connectivity index (χ0n) is 11.7. The highest BCUT2D eigenvalue weighted by molar-refractivity contribution is 5.96. The lowest BCUT2D eigenvalue weighted by atomic mass is 9.74. The summed E-state index contributed by atoms with van der Waals surface area (Å²) in [5.74, 6) is -0.192. The van der Waals surface area contributed by atoms with Crippen LogP contribution < -0.4 is 16.8 Å². The number of hydrogen-bond acceptors (Lipinski definition) is 4. The summed E-state index contributed by atoms with van der Waals surface area (Å²) in [4.78, 5) is 12.1. The Hall–Kier alpha value is -1.75. The van der Waals surface area contributed by atoms with Crippen LogP contribution >= 0.6 is 0 Å². The number of carbonyl (C=O) groups excluding carboxylic acids is 1. The number of nitrogens with one attached hydrogen (secondary N) is 1. The molecule has 1 aromatic carbocycles. The summed E-state index contributed by atoms with van der Waals surface area (Å²) in [5, 5.41) is 12.5. The number of aliphatic hydroxyl groups is 1. The van der Waals surface area contributed by atoms with Crippen molar-refractivity contribution in [3.63, 3.8) is 0 Å². The van der Waals surface area contributed by atoms with E-state index in [1.165, 1.54) is 6.42 Å². The van der Waals surface area contributed by atoms with Crippen molar-refractivity contribution in [2.45, 2.75) is 32.1 Å². The van der Waals surface area contributed by atoms with Crippen molar-refractivity contribution in [3.05, 3.63) is 23.8 Å². The predicted octanol–water partition coefficient (Wildman–Crippen LogP) is 1.52. The lowest BCUT2D eigenvalue weighted by Crippen LogP contribution is -2.41. The van der Waals surface area contributed by atoms with Crippen LogP contribution in [0.4, 0.5) is 11.4 Å². The van der Waals surface area contributed by atoms with Gasteiger partial charge >= 0.3 is 0 Å². The fraction of sp³-hybridized carbons (Fsp3) is 0.533. The molecule has 1 aliphatic carbocycles. The van der Waals surface area contributed by atoms with E-state index in [2.05, 4.69) is 5.32 Å². The maximum absolute atomic E-state index is 12.1. The second-order valence-electron chi connectivity index (χ2n) is 5.79. The summed E-state index contributed by atoms with van der Waals surface area (Å²) < 4.78 is 0. The fourth-order valence-corrected chi connectivity index (χ4v) is 2.87. The van der Waals surface area contributed by atoms with Gasteiger partial charge in [-0.15, -0.1) is 0 Å². The summed E-state index contributed by atoms with van der Waals surface area (Å²) >= 11 is 0. The molecular formula is C15H23N3O2. The van der Waals surface area contributed by atoms with E-state index in [1.54, 1.807) is 18.2 Å². The summed E-state index contributed by atoms with van der Waals surface area (Å²) in [6, 6.07) is 4.84. The molecular weight excluding hydrogens is 254 g/mol. The highest BCUT2D eigenvalue weighted by Gasteiger charge is 2.31. The van der Waals surface area contributed by atoms with E-state index < -0.39 is 0 Å². The third-order valence-electron chi connectivity index (χ3n) is 4.11. The summed E-state index contributed by atoms with van der Waals surface area (Å²) in [5.41, 5.74) is 12.6. The molecule has 1 fully saturated rings. The van der Waals surface area contributed by atoms with Crippen molar-refractivity contribution in [3.8, 4) is 0 Å². The van der Waals surface area contributed by atoms with Crippen molar-refractivity contribution < 1.29 is 9.90 Å². The molecule has 0 heterocycles. The zero-order chi connectivity index (χ0) is 14.6. The maximum atomic E-state index is 12.1. The van der Waals surface area contributed by atoms with Crippen LogP contribution in [0.3, 0.4) is 0 Å². The number of hydrogen-bond donors (Lipinski definition) is 4. The topological polar surface area (TPSA) is 101 Å². The zero-order valence-corrected chi connectivity index (χ0v) is 11.7. The average molecular weight is 277 g/mol. The lowest BCUT2D eigenvalue weighted by Gasteiger charge is -2.35. The van der Waals surface area contributed by atoms with Gasteiger partial charge in [0.2, 0.25) is 0 Å². The van der Waals surface area contributed by atoms with Crippen LogP contribution in [0.5, 0.6) is 0 Å². The number of carbonyl (C=O) groups is 1. The van der Waals surface area contributed by atoms with Crippen LogP contribution in [-0.4, -0.2) is 24.2 Å². The van der Waals surface area contributed by atoms with Gasteiger partial charge in [0, 0.05) is 28.9 Å². The van der Waals surface area contributed by atoms with E-state index in [1.807, 2.05) is 0 Å². The van der Waals surface area contributed by atoms with Gasteiger partial charge in [-0.1, -0.05) is 19.3 Å². The molecule has 5 nitrogen and oxygen atoms in total. The van der Waals surface area contributed by atoms with Gasteiger partial charge in [-0.05, 0) is 31.0 Å². The Bertz CT molecular complexity index is 462. The van der Waals surface area contributed by atoms with Crippen LogP contribution in [0.25, 0.3) is 0 Å². The third kappa shape index (κ3) is 3.42. The van der Waals surface area contributed by atoms with Crippen molar-refractivity contribution in [2.24, 2.45) is 5.41 Å². The third-order valence-corrected chi connectivity index (χ3v) is 4.11. The van der Waals surface area contributed by atoms with Crippen molar-refractivity contribution in [2.75, 3.05) is 24.6 Å². The second-order valence-corrected chi connectivity index (χ2v) is 5.79. The van der Waals surface area contributed by atoms with Crippen molar-refractivity contribution in [1.82, 2.24) is 5.32 Å². The van der Waals surface area contributed by atoms with Gasteiger partial charge in [-0.25, -0.2) is 0 Å². The molecule has 1 saturated carbocycles. The van der Waals surface area contributed by atoms with Crippen LogP contribution in [0.2, 0.25) is 0 Å². The Labute approximate surface area is 119 Å². The smallest absolute Gasteiger partial charge is 0.251 e. The number of rotatable bonds is 4. The summed E-state index contributed by atoms with van der Waals surface area (Å²) in [6.45, 7) is 0.614. The Balaban J connectivity index is 2.00. The molecule has 0 saturated heterocycles. The molecule has 0 atom stereocenters. The van der Waals surface area contributed by atoms with E-state index >= 15 is 0 Å². The van der Waals surface area contributed by atoms with Gasteiger partial charge in [-0.3, -0.25) is 4.79 Å². The second kappa shape index (κ2) is 6.13. The molecule has 5 heteroatoms. The number of benzene rings is 1. The largest absolute Gasteiger partial charge is 0.399 e. The molecule has 0 aliphatic heterocycles. The molecule has 0 aromatic heterocycles. The molecule has 2 rings (SSSR count). The van der Waals surface area contributed by atoms with Crippen molar-refractivity contribution in [1.29, 1.82) is 0 Å². The van der Waals surface area contributed by atoms with Gasteiger partial charge in [0.25, 0.3) is 5.91 Å². The number of amides is 1. The van der Waals surface area contributed by atoms with E-state index in [9.17, 15) is 9.90 Å². The Kier molecular flexibility index (Phi) is 4.49. The van der Waals surface area contributed by atoms with Gasteiger partial charge in [0.1, 0.15) is 0 Å². The van der Waals surface area contributed by atoms with E-state index in [0.29, 0.717) is 23.5 Å². The number of anilines is 2. The quantitative estimate of drug-likeness (QED) is 0.627. The first-order valence-corrected chi connectivity index (χ1v) is 7.10. The molecule has 0 bridgehead atoms. The van der Waals surface area contributed by atoms with Gasteiger partial charge in [0.05, 0.1) is 6.61 Å². The van der Waals surface area contributed by atoms with Gasteiger partial charge < -0.3 is 21.9 Å². The minimum absolute atomic E-state index is 0.117. The minimum Gasteiger partial charge on any atom is -0.399 e. The molecule has 110 valence electrons. The standard InChI is InChI=1S/C15H23N3O2/c16-12-6-11(7-13(17)8-12)14(20)18-9-15(10-19)4-2-1-3-5-15/h6-8,19H,1-5,9-10,16-17H2,(H,18,20). The predicted molar refractivity (Wildman–Crippen MR) is 80.2 cm³/mol. The molecule has 0 radical (unpaired) electrons. The highest BCUT2D eigenvalue weighted by Crippen LogP contribution is 2.35. The first kappa shape index (κ1) is 14.7. The fourth-order valence-electron chi connectivity index (χ4n) is 2.87. The molecule has 20 heavy (non-hydrogen) atoms. The average Bonchev–Trinajstić information content (AvgIpc) is 2.45. The van der Waals surface area contributed by atoms with Crippen LogP contribution in [-0.2, 0) is 0 Å². The molecule has 1 aromatic rings. The normalized spacial score (nSPS) is 17.6. The lowest BCUT2D eigenvalue weighted by molar-refractivity contribution is 0.0718.